The lowest BCUT2D eigenvalue weighted by Crippen LogP contribution is -2.45. The van der Waals surface area contributed by atoms with Crippen molar-refractivity contribution in [3.05, 3.63) is 23.8 Å². The van der Waals surface area contributed by atoms with Crippen molar-refractivity contribution >= 4 is 11.6 Å². The second-order valence-electron chi connectivity index (χ2n) is 4.96. The van der Waals surface area contributed by atoms with Crippen LogP contribution in [0.4, 0.5) is 5.69 Å². The highest BCUT2D eigenvalue weighted by molar-refractivity contribution is 5.97. The van der Waals surface area contributed by atoms with Crippen LogP contribution in [0.3, 0.4) is 0 Å². The summed E-state index contributed by atoms with van der Waals surface area (Å²) in [4.78, 5) is 14.2. The number of benzene rings is 1. The van der Waals surface area contributed by atoms with Crippen LogP contribution in [0.5, 0.6) is 5.75 Å². The Morgan fingerprint density at radius 2 is 2.17 bits per heavy atom. The number of hydrogen-bond acceptors (Lipinski definition) is 3. The van der Waals surface area contributed by atoms with E-state index in [-0.39, 0.29) is 17.9 Å². The normalized spacial score (nSPS) is 17.7. The lowest BCUT2D eigenvalue weighted by Gasteiger charge is -2.32. The number of amides is 1. The van der Waals surface area contributed by atoms with Crippen molar-refractivity contribution in [1.82, 2.24) is 0 Å². The maximum absolute atomic E-state index is 12.4. The van der Waals surface area contributed by atoms with E-state index in [1.165, 1.54) is 0 Å². The third kappa shape index (κ3) is 2.34. The standard InChI is InChI=1S/C14H20N2O2/c1-9-4-5-12-13(8-9)18-7-6-16(12)14(17)10(2)11(3)15/h4-5,8,10-11H,6-7,15H2,1-3H3. The largest absolute Gasteiger partial charge is 0.490 e. The molecule has 0 saturated heterocycles. The number of fused-ring (bicyclic) bond motifs is 1. The highest BCUT2D eigenvalue weighted by atomic mass is 16.5. The second-order valence-corrected chi connectivity index (χ2v) is 4.96. The first-order valence-corrected chi connectivity index (χ1v) is 6.31. The third-order valence-corrected chi connectivity index (χ3v) is 3.42. The van der Waals surface area contributed by atoms with Gasteiger partial charge in [0, 0.05) is 6.04 Å². The van der Waals surface area contributed by atoms with E-state index in [1.807, 2.05) is 39.0 Å². The summed E-state index contributed by atoms with van der Waals surface area (Å²) in [7, 11) is 0. The zero-order valence-electron chi connectivity index (χ0n) is 11.1. The van der Waals surface area contributed by atoms with Gasteiger partial charge in [0.25, 0.3) is 0 Å². The van der Waals surface area contributed by atoms with Crippen molar-refractivity contribution in [2.24, 2.45) is 11.7 Å². The zero-order valence-corrected chi connectivity index (χ0v) is 11.1. The molecule has 0 saturated carbocycles. The fraction of sp³-hybridized carbons (Fsp3) is 0.500. The van der Waals surface area contributed by atoms with Crippen molar-refractivity contribution in [3.8, 4) is 5.75 Å². The van der Waals surface area contributed by atoms with E-state index in [1.54, 1.807) is 4.90 Å². The van der Waals surface area contributed by atoms with E-state index in [4.69, 9.17) is 10.5 Å². The molecule has 18 heavy (non-hydrogen) atoms. The van der Waals surface area contributed by atoms with Crippen molar-refractivity contribution in [3.63, 3.8) is 0 Å². The van der Waals surface area contributed by atoms with Gasteiger partial charge in [0.05, 0.1) is 18.2 Å². The molecule has 1 aromatic carbocycles. The summed E-state index contributed by atoms with van der Waals surface area (Å²) in [6, 6.07) is 5.75. The van der Waals surface area contributed by atoms with E-state index in [0.717, 1.165) is 17.0 Å². The van der Waals surface area contributed by atoms with Crippen molar-refractivity contribution in [1.29, 1.82) is 0 Å². The van der Waals surface area contributed by atoms with E-state index in [9.17, 15) is 4.79 Å². The Hall–Kier alpha value is -1.55. The molecule has 1 amide bonds. The molecule has 98 valence electrons. The van der Waals surface area contributed by atoms with E-state index in [2.05, 4.69) is 0 Å². The molecule has 0 bridgehead atoms. The van der Waals surface area contributed by atoms with Crippen molar-refractivity contribution in [2.75, 3.05) is 18.1 Å². The van der Waals surface area contributed by atoms with Gasteiger partial charge in [-0.25, -0.2) is 0 Å². The Kier molecular flexibility index (Phi) is 3.57. The number of nitrogens with two attached hydrogens (primary N) is 1. The summed E-state index contributed by atoms with van der Waals surface area (Å²) in [5.41, 5.74) is 7.79. The number of nitrogens with zero attached hydrogens (tertiary/aromatic N) is 1. The molecule has 0 aliphatic carbocycles. The minimum absolute atomic E-state index is 0.0680. The number of hydrogen-bond donors (Lipinski definition) is 1. The molecule has 4 nitrogen and oxygen atoms in total. The Labute approximate surface area is 108 Å². The Morgan fingerprint density at radius 1 is 1.44 bits per heavy atom. The molecule has 2 rings (SSSR count). The molecule has 1 aliphatic rings. The Balaban J connectivity index is 2.30. The first-order chi connectivity index (χ1) is 8.50. The maximum Gasteiger partial charge on any atom is 0.231 e. The van der Waals surface area contributed by atoms with Gasteiger partial charge in [-0.05, 0) is 31.5 Å². The number of aryl methyl sites for hydroxylation is 1. The van der Waals surface area contributed by atoms with Gasteiger partial charge in [-0.15, -0.1) is 0 Å². The smallest absolute Gasteiger partial charge is 0.231 e. The molecule has 1 aromatic rings. The lowest BCUT2D eigenvalue weighted by molar-refractivity contribution is -0.122. The molecule has 2 atom stereocenters. The minimum Gasteiger partial charge on any atom is -0.490 e. The molecule has 2 unspecified atom stereocenters. The fourth-order valence-electron chi connectivity index (χ4n) is 2.03. The average Bonchev–Trinajstić information content (AvgIpc) is 2.35. The van der Waals surface area contributed by atoms with Gasteiger partial charge in [-0.1, -0.05) is 13.0 Å². The lowest BCUT2D eigenvalue weighted by atomic mass is 10.0. The summed E-state index contributed by atoms with van der Waals surface area (Å²) < 4.78 is 5.60. The van der Waals surface area contributed by atoms with Crippen molar-refractivity contribution in [2.45, 2.75) is 26.8 Å². The van der Waals surface area contributed by atoms with Gasteiger partial charge in [-0.3, -0.25) is 4.79 Å². The number of anilines is 1. The van der Waals surface area contributed by atoms with Crippen LogP contribution in [0.1, 0.15) is 19.4 Å². The van der Waals surface area contributed by atoms with E-state index in [0.29, 0.717) is 13.2 Å². The molecular formula is C14H20N2O2. The van der Waals surface area contributed by atoms with Crippen LogP contribution in [0.2, 0.25) is 0 Å². The molecule has 0 radical (unpaired) electrons. The SMILES string of the molecule is Cc1ccc2c(c1)OCCN2C(=O)C(C)C(C)N. The molecule has 0 fully saturated rings. The van der Waals surface area contributed by atoms with Gasteiger partial charge in [0.15, 0.2) is 0 Å². The number of carbonyl (C=O) groups excluding carboxylic acids is 1. The molecule has 2 N–H and O–H groups in total. The molecule has 1 aliphatic heterocycles. The van der Waals surface area contributed by atoms with Crippen LogP contribution < -0.4 is 15.4 Å². The predicted octanol–water partition coefficient (Wildman–Crippen LogP) is 1.70. The van der Waals surface area contributed by atoms with Gasteiger partial charge in [0.2, 0.25) is 5.91 Å². The second kappa shape index (κ2) is 4.98. The topological polar surface area (TPSA) is 55.6 Å². The summed E-state index contributed by atoms with van der Waals surface area (Å²) in [5.74, 6) is 0.669. The van der Waals surface area contributed by atoms with Crippen LogP contribution in [-0.2, 0) is 4.79 Å². The highest BCUT2D eigenvalue weighted by Gasteiger charge is 2.28. The Bertz CT molecular complexity index is 457. The first kappa shape index (κ1) is 12.9. The third-order valence-electron chi connectivity index (χ3n) is 3.42. The monoisotopic (exact) mass is 248 g/mol. The first-order valence-electron chi connectivity index (χ1n) is 6.31. The number of ether oxygens (including phenoxy) is 1. The van der Waals surface area contributed by atoms with Gasteiger partial charge in [-0.2, -0.15) is 0 Å². The van der Waals surface area contributed by atoms with Crippen LogP contribution >= 0.6 is 0 Å². The summed E-state index contributed by atoms with van der Waals surface area (Å²) in [6.07, 6.45) is 0. The number of rotatable bonds is 2. The van der Waals surface area contributed by atoms with Crippen LogP contribution in [-0.4, -0.2) is 25.1 Å². The Morgan fingerprint density at radius 3 is 2.83 bits per heavy atom. The van der Waals surface area contributed by atoms with Gasteiger partial charge in [0.1, 0.15) is 12.4 Å². The quantitative estimate of drug-likeness (QED) is 0.866. The minimum atomic E-state index is -0.183. The van der Waals surface area contributed by atoms with Crippen molar-refractivity contribution < 1.29 is 9.53 Å². The summed E-state index contributed by atoms with van der Waals surface area (Å²) in [5, 5.41) is 0. The molecule has 0 spiro atoms. The van der Waals surface area contributed by atoms with E-state index < -0.39 is 0 Å². The highest BCUT2D eigenvalue weighted by Crippen LogP contribution is 2.33. The van der Waals surface area contributed by atoms with E-state index >= 15 is 0 Å². The maximum atomic E-state index is 12.4. The number of carbonyl (C=O) groups is 1. The van der Waals surface area contributed by atoms with Gasteiger partial charge < -0.3 is 15.4 Å². The predicted molar refractivity (Wildman–Crippen MR) is 71.8 cm³/mol. The van der Waals surface area contributed by atoms with Crippen LogP contribution in [0.25, 0.3) is 0 Å². The summed E-state index contributed by atoms with van der Waals surface area (Å²) >= 11 is 0. The fourth-order valence-corrected chi connectivity index (χ4v) is 2.03. The molecule has 4 heteroatoms. The molecule has 1 heterocycles. The van der Waals surface area contributed by atoms with Crippen LogP contribution in [0, 0.1) is 12.8 Å². The summed E-state index contributed by atoms with van der Waals surface area (Å²) in [6.45, 7) is 6.87. The van der Waals surface area contributed by atoms with Gasteiger partial charge >= 0.3 is 0 Å². The zero-order chi connectivity index (χ0) is 13.3. The van der Waals surface area contributed by atoms with Crippen LogP contribution in [0.15, 0.2) is 18.2 Å². The molecule has 0 aromatic heterocycles. The molecular weight excluding hydrogens is 228 g/mol. The average molecular weight is 248 g/mol.